The minimum absolute atomic E-state index is 0.332. The lowest BCUT2D eigenvalue weighted by Gasteiger charge is -2.25. The largest absolute Gasteiger partial charge is 0.330 e. The molecule has 3 nitrogen and oxygen atoms in total. The molecule has 0 aliphatic carbocycles. The van der Waals surface area contributed by atoms with Gasteiger partial charge in [0.05, 0.1) is 6.67 Å². The monoisotopic (exact) mass is 354 g/mol. The molecule has 0 fully saturated rings. The predicted octanol–water partition coefficient (Wildman–Crippen LogP) is 6.23. The summed E-state index contributed by atoms with van der Waals surface area (Å²) in [6.07, 6.45) is 19.4. The maximum atomic E-state index is 12.3. The van der Waals surface area contributed by atoms with Crippen LogP contribution in [-0.2, 0) is 4.79 Å². The Labute approximate surface area is 158 Å². The number of nitrogens with zero attached hydrogens (tertiary/aromatic N) is 2. The Bertz CT molecular complexity index is 292. The van der Waals surface area contributed by atoms with E-state index >= 15 is 0 Å². The van der Waals surface area contributed by atoms with Gasteiger partial charge in [-0.1, -0.05) is 90.9 Å². The van der Waals surface area contributed by atoms with Crippen LogP contribution in [0.25, 0.3) is 0 Å². The Hall–Kier alpha value is -0.570. The van der Waals surface area contributed by atoms with Crippen molar-refractivity contribution in [3.05, 3.63) is 0 Å². The molecule has 1 amide bonds. The molecule has 0 saturated heterocycles. The molecule has 150 valence electrons. The average Bonchev–Trinajstić information content (AvgIpc) is 2.58. The van der Waals surface area contributed by atoms with Crippen molar-refractivity contribution in [2.24, 2.45) is 0 Å². The van der Waals surface area contributed by atoms with Crippen LogP contribution in [0.3, 0.4) is 0 Å². The molecule has 0 unspecified atom stereocenters. The number of carbonyl (C=O) groups excluding carboxylic acids is 1. The maximum Gasteiger partial charge on any atom is 0.223 e. The second-order valence-electron chi connectivity index (χ2n) is 7.87. The fraction of sp³-hybridized carbons (Fsp3) is 0.955. The van der Waals surface area contributed by atoms with Gasteiger partial charge in [0.15, 0.2) is 0 Å². The van der Waals surface area contributed by atoms with Crippen LogP contribution in [0.2, 0.25) is 0 Å². The first-order chi connectivity index (χ1) is 12.1. The van der Waals surface area contributed by atoms with E-state index in [0.29, 0.717) is 5.91 Å². The van der Waals surface area contributed by atoms with Gasteiger partial charge in [-0.05, 0) is 26.9 Å². The van der Waals surface area contributed by atoms with Gasteiger partial charge in [-0.2, -0.15) is 0 Å². The number of amides is 1. The first-order valence-electron chi connectivity index (χ1n) is 11.0. The zero-order valence-corrected chi connectivity index (χ0v) is 17.8. The van der Waals surface area contributed by atoms with Crippen molar-refractivity contribution in [2.75, 3.05) is 27.3 Å². The Balaban J connectivity index is 3.43. The molecule has 0 atom stereocenters. The van der Waals surface area contributed by atoms with Crippen molar-refractivity contribution < 1.29 is 4.79 Å². The van der Waals surface area contributed by atoms with Crippen LogP contribution >= 0.6 is 0 Å². The molecular formula is C22H46N2O. The lowest BCUT2D eigenvalue weighted by molar-refractivity contribution is -0.133. The van der Waals surface area contributed by atoms with Gasteiger partial charge in [-0.25, -0.2) is 0 Å². The van der Waals surface area contributed by atoms with Crippen molar-refractivity contribution in [3.63, 3.8) is 0 Å². The molecule has 25 heavy (non-hydrogen) atoms. The van der Waals surface area contributed by atoms with Gasteiger partial charge in [0.2, 0.25) is 5.91 Å². The standard InChI is InChI=1S/C22H46N2O/c1-5-7-8-9-10-11-12-13-14-15-16-17-18-19-22(25)24(20-6-2)21-23(3)4/h5-21H2,1-4H3. The Morgan fingerprint density at radius 3 is 1.48 bits per heavy atom. The summed E-state index contributed by atoms with van der Waals surface area (Å²) in [5.41, 5.74) is 0. The third kappa shape index (κ3) is 16.6. The molecule has 0 aliphatic heterocycles. The van der Waals surface area contributed by atoms with Crippen molar-refractivity contribution in [1.29, 1.82) is 0 Å². The summed E-state index contributed by atoms with van der Waals surface area (Å²) in [5, 5.41) is 0. The normalized spacial score (nSPS) is 11.2. The molecule has 0 aromatic heterocycles. The molecule has 0 saturated carbocycles. The van der Waals surface area contributed by atoms with E-state index < -0.39 is 0 Å². The van der Waals surface area contributed by atoms with Crippen LogP contribution < -0.4 is 0 Å². The summed E-state index contributed by atoms with van der Waals surface area (Å²) < 4.78 is 0. The Morgan fingerprint density at radius 1 is 0.640 bits per heavy atom. The van der Waals surface area contributed by atoms with Gasteiger partial charge in [-0.3, -0.25) is 9.69 Å². The molecule has 0 N–H and O–H groups in total. The second kappa shape index (κ2) is 18.2. The SMILES string of the molecule is CCCCCCCCCCCCCCCC(=O)N(CCC)CN(C)C. The van der Waals surface area contributed by atoms with Crippen molar-refractivity contribution in [1.82, 2.24) is 9.80 Å². The van der Waals surface area contributed by atoms with Gasteiger partial charge >= 0.3 is 0 Å². The number of rotatable bonds is 18. The lowest BCUT2D eigenvalue weighted by Crippen LogP contribution is -2.38. The highest BCUT2D eigenvalue weighted by atomic mass is 16.2. The fourth-order valence-electron chi connectivity index (χ4n) is 3.34. The van der Waals surface area contributed by atoms with Crippen LogP contribution in [-0.4, -0.2) is 43.0 Å². The fourth-order valence-corrected chi connectivity index (χ4v) is 3.34. The van der Waals surface area contributed by atoms with E-state index in [1.807, 2.05) is 19.0 Å². The van der Waals surface area contributed by atoms with Crippen molar-refractivity contribution in [2.45, 2.75) is 110 Å². The summed E-state index contributed by atoms with van der Waals surface area (Å²) in [5.74, 6) is 0.332. The summed E-state index contributed by atoms with van der Waals surface area (Å²) in [6.45, 7) is 6.06. The maximum absolute atomic E-state index is 12.3. The van der Waals surface area contributed by atoms with Crippen LogP contribution in [0.4, 0.5) is 0 Å². The van der Waals surface area contributed by atoms with Crippen LogP contribution in [0.1, 0.15) is 110 Å². The van der Waals surface area contributed by atoms with Gasteiger partial charge in [-0.15, -0.1) is 0 Å². The molecule has 0 bridgehead atoms. The van der Waals surface area contributed by atoms with Gasteiger partial charge in [0.25, 0.3) is 0 Å². The topological polar surface area (TPSA) is 23.6 Å². The molecule has 0 aromatic rings. The zero-order chi connectivity index (χ0) is 18.8. The summed E-state index contributed by atoms with van der Waals surface area (Å²) in [7, 11) is 4.06. The van der Waals surface area contributed by atoms with E-state index in [4.69, 9.17) is 0 Å². The second-order valence-corrected chi connectivity index (χ2v) is 7.87. The predicted molar refractivity (Wildman–Crippen MR) is 111 cm³/mol. The lowest BCUT2D eigenvalue weighted by atomic mass is 10.0. The molecule has 0 rings (SSSR count). The smallest absolute Gasteiger partial charge is 0.223 e. The van der Waals surface area contributed by atoms with Crippen LogP contribution in [0, 0.1) is 0 Å². The van der Waals surface area contributed by atoms with Gasteiger partial charge < -0.3 is 4.90 Å². The highest BCUT2D eigenvalue weighted by Gasteiger charge is 2.12. The van der Waals surface area contributed by atoms with E-state index in [9.17, 15) is 4.79 Å². The highest BCUT2D eigenvalue weighted by Crippen LogP contribution is 2.13. The number of carbonyl (C=O) groups is 1. The van der Waals surface area contributed by atoms with E-state index in [0.717, 1.165) is 32.5 Å². The first kappa shape index (κ1) is 24.4. The quantitative estimate of drug-likeness (QED) is 0.215. The Kier molecular flexibility index (Phi) is 17.8. The molecule has 0 radical (unpaired) electrons. The number of hydrogen-bond donors (Lipinski definition) is 0. The van der Waals surface area contributed by atoms with E-state index in [1.54, 1.807) is 0 Å². The van der Waals surface area contributed by atoms with E-state index in [2.05, 4.69) is 18.7 Å². The number of unbranched alkanes of at least 4 members (excludes halogenated alkanes) is 12. The van der Waals surface area contributed by atoms with E-state index in [1.165, 1.54) is 77.0 Å². The summed E-state index contributed by atoms with van der Waals surface area (Å²) in [4.78, 5) is 16.4. The van der Waals surface area contributed by atoms with Gasteiger partial charge in [0, 0.05) is 13.0 Å². The average molecular weight is 355 g/mol. The molecule has 0 heterocycles. The zero-order valence-electron chi connectivity index (χ0n) is 17.8. The highest BCUT2D eigenvalue weighted by molar-refractivity contribution is 5.76. The van der Waals surface area contributed by atoms with Crippen molar-refractivity contribution in [3.8, 4) is 0 Å². The minimum atomic E-state index is 0.332. The third-order valence-corrected chi connectivity index (χ3v) is 4.79. The Morgan fingerprint density at radius 2 is 1.08 bits per heavy atom. The van der Waals surface area contributed by atoms with Crippen molar-refractivity contribution >= 4 is 5.91 Å². The first-order valence-corrected chi connectivity index (χ1v) is 11.0. The molecular weight excluding hydrogens is 308 g/mol. The molecule has 0 aromatic carbocycles. The molecule has 3 heteroatoms. The summed E-state index contributed by atoms with van der Waals surface area (Å²) >= 11 is 0. The van der Waals surface area contributed by atoms with Crippen LogP contribution in [0.15, 0.2) is 0 Å². The third-order valence-electron chi connectivity index (χ3n) is 4.79. The minimum Gasteiger partial charge on any atom is -0.330 e. The number of hydrogen-bond acceptors (Lipinski definition) is 2. The van der Waals surface area contributed by atoms with Gasteiger partial charge in [0.1, 0.15) is 0 Å². The molecule has 0 spiro atoms. The van der Waals surface area contributed by atoms with E-state index in [-0.39, 0.29) is 0 Å². The van der Waals surface area contributed by atoms with Crippen LogP contribution in [0.5, 0.6) is 0 Å². The molecule has 0 aliphatic rings. The summed E-state index contributed by atoms with van der Waals surface area (Å²) in [6, 6.07) is 0.